The second kappa shape index (κ2) is 7.43. The number of aliphatic hydroxyl groups is 1. The van der Waals surface area contributed by atoms with Gasteiger partial charge in [0.25, 0.3) is 0 Å². The average molecular weight is 257 g/mol. The van der Waals surface area contributed by atoms with Gasteiger partial charge >= 0.3 is 0 Å². The van der Waals surface area contributed by atoms with E-state index in [1.54, 1.807) is 0 Å². The zero-order valence-corrected chi connectivity index (χ0v) is 11.4. The summed E-state index contributed by atoms with van der Waals surface area (Å²) in [5.41, 5.74) is 0. The molecule has 4 heteroatoms. The molecular formula is C14H27NO3. The van der Waals surface area contributed by atoms with E-state index in [0.29, 0.717) is 32.4 Å². The van der Waals surface area contributed by atoms with Crippen LogP contribution in [-0.4, -0.2) is 50.2 Å². The minimum Gasteiger partial charge on any atom is -0.389 e. The second-order valence-corrected chi connectivity index (χ2v) is 5.62. The highest BCUT2D eigenvalue weighted by atomic mass is 16.5. The zero-order valence-electron chi connectivity index (χ0n) is 11.4. The first-order valence-electron chi connectivity index (χ1n) is 7.36. The van der Waals surface area contributed by atoms with Gasteiger partial charge in [-0.25, -0.2) is 0 Å². The molecule has 0 aromatic carbocycles. The number of ether oxygens (including phenoxy) is 2. The number of aliphatic hydroxyl groups excluding tert-OH is 1. The van der Waals surface area contributed by atoms with Gasteiger partial charge in [0.2, 0.25) is 0 Å². The van der Waals surface area contributed by atoms with E-state index in [9.17, 15) is 5.11 Å². The Morgan fingerprint density at radius 2 is 2.06 bits per heavy atom. The second-order valence-electron chi connectivity index (χ2n) is 5.62. The third-order valence-electron chi connectivity index (χ3n) is 4.24. The van der Waals surface area contributed by atoms with Crippen molar-refractivity contribution >= 4 is 0 Å². The Labute approximate surface area is 110 Å². The van der Waals surface area contributed by atoms with Crippen LogP contribution in [-0.2, 0) is 9.47 Å². The zero-order chi connectivity index (χ0) is 12.8. The molecule has 106 valence electrons. The first-order chi connectivity index (χ1) is 8.79. The summed E-state index contributed by atoms with van der Waals surface area (Å²) in [6.45, 7) is 4.93. The van der Waals surface area contributed by atoms with Crippen LogP contribution in [0.2, 0.25) is 0 Å². The van der Waals surface area contributed by atoms with Crippen LogP contribution < -0.4 is 5.32 Å². The van der Waals surface area contributed by atoms with E-state index in [-0.39, 0.29) is 0 Å². The van der Waals surface area contributed by atoms with Crippen molar-refractivity contribution < 1.29 is 14.6 Å². The van der Waals surface area contributed by atoms with Gasteiger partial charge in [0.1, 0.15) is 0 Å². The van der Waals surface area contributed by atoms with Gasteiger partial charge in [-0.1, -0.05) is 6.42 Å². The molecule has 2 aliphatic rings. The molecule has 0 aliphatic heterocycles. The normalized spacial score (nSPS) is 32.0. The Balaban J connectivity index is 1.48. The Bertz CT molecular complexity index is 237. The SMILES string of the molecule is CCOCCOCC(O)CNC1CC2CCC1C2. The standard InChI is InChI=1S/C14H27NO3/c1-2-17-5-6-18-10-13(16)9-15-14-8-11-3-4-12(14)7-11/h11-16H,2-10H2,1H3. The van der Waals surface area contributed by atoms with Gasteiger partial charge in [-0.2, -0.15) is 0 Å². The van der Waals surface area contributed by atoms with E-state index in [1.807, 2.05) is 6.92 Å². The van der Waals surface area contributed by atoms with Gasteiger partial charge in [0.15, 0.2) is 0 Å². The number of hydrogen-bond acceptors (Lipinski definition) is 4. The van der Waals surface area contributed by atoms with Crippen LogP contribution in [0.15, 0.2) is 0 Å². The summed E-state index contributed by atoms with van der Waals surface area (Å²) >= 11 is 0. The molecule has 0 heterocycles. The minimum absolute atomic E-state index is 0.397. The minimum atomic E-state index is -0.397. The van der Waals surface area contributed by atoms with Crippen molar-refractivity contribution in [3.63, 3.8) is 0 Å². The van der Waals surface area contributed by atoms with E-state index in [1.165, 1.54) is 25.7 Å². The lowest BCUT2D eigenvalue weighted by Gasteiger charge is -2.24. The van der Waals surface area contributed by atoms with Crippen molar-refractivity contribution in [2.75, 3.05) is 33.0 Å². The molecule has 4 unspecified atom stereocenters. The van der Waals surface area contributed by atoms with Crippen molar-refractivity contribution in [2.24, 2.45) is 11.8 Å². The van der Waals surface area contributed by atoms with Crippen LogP contribution >= 0.6 is 0 Å². The summed E-state index contributed by atoms with van der Waals surface area (Å²) in [4.78, 5) is 0. The summed E-state index contributed by atoms with van der Waals surface area (Å²) in [7, 11) is 0. The van der Waals surface area contributed by atoms with E-state index < -0.39 is 6.10 Å². The molecule has 0 amide bonds. The van der Waals surface area contributed by atoms with Crippen LogP contribution in [0, 0.1) is 11.8 Å². The van der Waals surface area contributed by atoms with Crippen LogP contribution in [0.1, 0.15) is 32.6 Å². The molecular weight excluding hydrogens is 230 g/mol. The molecule has 4 nitrogen and oxygen atoms in total. The van der Waals surface area contributed by atoms with Gasteiger partial charge in [0.05, 0.1) is 25.9 Å². The molecule has 2 aliphatic carbocycles. The highest BCUT2D eigenvalue weighted by Gasteiger charge is 2.39. The van der Waals surface area contributed by atoms with Crippen LogP contribution in [0.4, 0.5) is 0 Å². The fraction of sp³-hybridized carbons (Fsp3) is 1.00. The van der Waals surface area contributed by atoms with E-state index in [4.69, 9.17) is 9.47 Å². The Morgan fingerprint density at radius 3 is 2.72 bits per heavy atom. The van der Waals surface area contributed by atoms with Gasteiger partial charge in [-0.3, -0.25) is 0 Å². The lowest BCUT2D eigenvalue weighted by molar-refractivity contribution is 0.00521. The Kier molecular flexibility index (Phi) is 5.89. The first-order valence-corrected chi connectivity index (χ1v) is 7.36. The van der Waals surface area contributed by atoms with Gasteiger partial charge < -0.3 is 19.9 Å². The topological polar surface area (TPSA) is 50.7 Å². The summed E-state index contributed by atoms with van der Waals surface area (Å²) in [6, 6.07) is 0.641. The number of hydrogen-bond donors (Lipinski definition) is 2. The Morgan fingerprint density at radius 1 is 1.22 bits per heavy atom. The molecule has 0 aromatic heterocycles. The quantitative estimate of drug-likeness (QED) is 0.609. The first kappa shape index (κ1) is 14.3. The van der Waals surface area contributed by atoms with Crippen molar-refractivity contribution in [1.82, 2.24) is 5.32 Å². The van der Waals surface area contributed by atoms with E-state index in [0.717, 1.165) is 18.4 Å². The van der Waals surface area contributed by atoms with Gasteiger partial charge in [-0.05, 0) is 38.0 Å². The fourth-order valence-electron chi connectivity index (χ4n) is 3.32. The van der Waals surface area contributed by atoms with Crippen molar-refractivity contribution in [3.8, 4) is 0 Å². The monoisotopic (exact) mass is 257 g/mol. The lowest BCUT2D eigenvalue weighted by Crippen LogP contribution is -2.40. The molecule has 0 spiro atoms. The maximum atomic E-state index is 9.81. The molecule has 18 heavy (non-hydrogen) atoms. The number of nitrogens with one attached hydrogen (secondary N) is 1. The molecule has 2 bridgehead atoms. The predicted octanol–water partition coefficient (Wildman–Crippen LogP) is 1.18. The average Bonchev–Trinajstić information content (AvgIpc) is 2.98. The molecule has 2 saturated carbocycles. The van der Waals surface area contributed by atoms with E-state index >= 15 is 0 Å². The van der Waals surface area contributed by atoms with Crippen molar-refractivity contribution in [1.29, 1.82) is 0 Å². The lowest BCUT2D eigenvalue weighted by atomic mass is 9.95. The summed E-state index contributed by atoms with van der Waals surface area (Å²) < 4.78 is 10.5. The number of rotatable bonds is 9. The summed E-state index contributed by atoms with van der Waals surface area (Å²) in [5, 5.41) is 13.3. The Hall–Kier alpha value is -0.160. The molecule has 2 fully saturated rings. The van der Waals surface area contributed by atoms with Crippen LogP contribution in [0.25, 0.3) is 0 Å². The highest BCUT2D eigenvalue weighted by molar-refractivity contribution is 4.94. The van der Waals surface area contributed by atoms with Crippen LogP contribution in [0.3, 0.4) is 0 Å². The predicted molar refractivity (Wildman–Crippen MR) is 70.6 cm³/mol. The maximum Gasteiger partial charge on any atom is 0.0897 e. The number of fused-ring (bicyclic) bond motifs is 2. The largest absolute Gasteiger partial charge is 0.389 e. The third kappa shape index (κ3) is 4.19. The fourth-order valence-corrected chi connectivity index (χ4v) is 3.32. The summed E-state index contributed by atoms with van der Waals surface area (Å²) in [5.74, 6) is 1.81. The van der Waals surface area contributed by atoms with Crippen molar-refractivity contribution in [3.05, 3.63) is 0 Å². The molecule has 2 rings (SSSR count). The molecule has 0 aromatic rings. The van der Waals surface area contributed by atoms with E-state index in [2.05, 4.69) is 5.32 Å². The smallest absolute Gasteiger partial charge is 0.0897 e. The molecule has 0 radical (unpaired) electrons. The van der Waals surface area contributed by atoms with Crippen LogP contribution in [0.5, 0.6) is 0 Å². The van der Waals surface area contributed by atoms with Crippen molar-refractivity contribution in [2.45, 2.75) is 44.8 Å². The third-order valence-corrected chi connectivity index (χ3v) is 4.24. The highest BCUT2D eigenvalue weighted by Crippen LogP contribution is 2.44. The van der Waals surface area contributed by atoms with Gasteiger partial charge in [-0.15, -0.1) is 0 Å². The molecule has 0 saturated heterocycles. The summed E-state index contributed by atoms with van der Waals surface area (Å²) in [6.07, 6.45) is 5.11. The van der Waals surface area contributed by atoms with Gasteiger partial charge in [0, 0.05) is 19.2 Å². The molecule has 2 N–H and O–H groups in total. The molecule has 4 atom stereocenters. The maximum absolute atomic E-state index is 9.81.